The molecule has 0 radical (unpaired) electrons. The Kier molecular flexibility index (Phi) is 4.57. The van der Waals surface area contributed by atoms with Crippen molar-refractivity contribution in [2.75, 3.05) is 33.4 Å². The summed E-state index contributed by atoms with van der Waals surface area (Å²) in [5.41, 5.74) is 5.09. The van der Waals surface area contributed by atoms with Crippen LogP contribution >= 0.6 is 0 Å². The average molecular weight is 282 g/mol. The number of carbonyl (C=O) groups is 1. The quantitative estimate of drug-likeness (QED) is 0.867. The number of benzene rings is 1. The number of hydrogen-bond acceptors (Lipinski definition) is 4. The second-order valence-corrected chi connectivity index (χ2v) is 4.99. The lowest BCUT2D eigenvalue weighted by atomic mass is 9.99. The van der Waals surface area contributed by atoms with Crippen molar-refractivity contribution in [3.63, 3.8) is 0 Å². The molecule has 1 amide bonds. The number of rotatable bonds is 5. The monoisotopic (exact) mass is 282 g/mol. The van der Waals surface area contributed by atoms with Crippen molar-refractivity contribution >= 4 is 5.91 Å². The summed E-state index contributed by atoms with van der Waals surface area (Å²) in [7, 11) is 1.68. The molecule has 1 aromatic rings. The normalized spacial score (nSPS) is 21.8. The van der Waals surface area contributed by atoms with Crippen LogP contribution < -0.4 is 10.5 Å². The van der Waals surface area contributed by atoms with Crippen LogP contribution in [-0.2, 0) is 9.53 Å². The van der Waals surface area contributed by atoms with Gasteiger partial charge in [-0.3, -0.25) is 4.79 Å². The molecule has 2 rings (SSSR count). The zero-order chi connectivity index (χ0) is 14.6. The molecule has 5 nitrogen and oxygen atoms in total. The molecule has 20 heavy (non-hydrogen) atoms. The van der Waals surface area contributed by atoms with Gasteiger partial charge in [-0.25, -0.2) is 4.39 Å². The van der Waals surface area contributed by atoms with Crippen LogP contribution in [0.15, 0.2) is 24.3 Å². The van der Waals surface area contributed by atoms with E-state index in [9.17, 15) is 9.18 Å². The highest BCUT2D eigenvalue weighted by Crippen LogP contribution is 2.18. The van der Waals surface area contributed by atoms with Crippen molar-refractivity contribution in [3.8, 4) is 5.75 Å². The summed E-state index contributed by atoms with van der Waals surface area (Å²) in [5.74, 6) is 0.118. The summed E-state index contributed by atoms with van der Waals surface area (Å²) in [5, 5.41) is 0. The Balaban J connectivity index is 1.78. The topological polar surface area (TPSA) is 64.8 Å². The Morgan fingerprint density at radius 1 is 1.50 bits per heavy atom. The van der Waals surface area contributed by atoms with Gasteiger partial charge in [0.2, 0.25) is 5.91 Å². The number of carbonyl (C=O) groups excluding carboxylic acids is 1. The second kappa shape index (κ2) is 6.19. The molecule has 1 aromatic carbocycles. The summed E-state index contributed by atoms with van der Waals surface area (Å²) in [6.45, 7) is 1.51. The van der Waals surface area contributed by atoms with Gasteiger partial charge in [0.05, 0.1) is 13.2 Å². The molecule has 2 N–H and O–H groups in total. The highest BCUT2D eigenvalue weighted by atomic mass is 19.1. The van der Waals surface area contributed by atoms with Gasteiger partial charge in [0.1, 0.15) is 23.7 Å². The minimum Gasteiger partial charge on any atom is -0.492 e. The number of hydrogen-bond donors (Lipinski definition) is 1. The van der Waals surface area contributed by atoms with Gasteiger partial charge in [0.15, 0.2) is 0 Å². The van der Waals surface area contributed by atoms with E-state index in [1.807, 2.05) is 0 Å². The third-order valence-electron chi connectivity index (χ3n) is 3.33. The first-order valence-electron chi connectivity index (χ1n) is 6.52. The predicted octanol–water partition coefficient (Wildman–Crippen LogP) is 0.781. The Hall–Kier alpha value is -1.66. The molecule has 6 heteroatoms. The Bertz CT molecular complexity index is 458. The van der Waals surface area contributed by atoms with Crippen molar-refractivity contribution < 1.29 is 18.7 Å². The van der Waals surface area contributed by atoms with E-state index in [1.54, 1.807) is 19.2 Å². The highest BCUT2D eigenvalue weighted by molar-refractivity contribution is 5.86. The van der Waals surface area contributed by atoms with Gasteiger partial charge in [-0.1, -0.05) is 0 Å². The first-order chi connectivity index (χ1) is 9.51. The SMILES string of the molecule is CN(CCOc1ccc(F)cc1)C(=O)C1(N)CCOC1. The molecule has 0 bridgehead atoms. The van der Waals surface area contributed by atoms with Crippen LogP contribution in [0.1, 0.15) is 6.42 Å². The molecule has 1 aliphatic heterocycles. The Morgan fingerprint density at radius 2 is 2.20 bits per heavy atom. The van der Waals surface area contributed by atoms with Gasteiger partial charge in [-0.2, -0.15) is 0 Å². The van der Waals surface area contributed by atoms with Crippen LogP contribution in [0.3, 0.4) is 0 Å². The van der Waals surface area contributed by atoms with Gasteiger partial charge in [0, 0.05) is 13.7 Å². The zero-order valence-electron chi connectivity index (χ0n) is 11.5. The first-order valence-corrected chi connectivity index (χ1v) is 6.52. The predicted molar refractivity (Wildman–Crippen MR) is 71.9 cm³/mol. The smallest absolute Gasteiger partial charge is 0.245 e. The number of nitrogens with two attached hydrogens (primary N) is 1. The van der Waals surface area contributed by atoms with E-state index in [1.165, 1.54) is 17.0 Å². The summed E-state index contributed by atoms with van der Waals surface area (Å²) < 4.78 is 23.3. The molecule has 0 spiro atoms. The maximum Gasteiger partial charge on any atom is 0.245 e. The van der Waals surface area contributed by atoms with E-state index in [4.69, 9.17) is 15.2 Å². The number of amides is 1. The summed E-state index contributed by atoms with van der Waals surface area (Å²) >= 11 is 0. The van der Waals surface area contributed by atoms with Crippen LogP contribution in [0.5, 0.6) is 5.75 Å². The lowest BCUT2D eigenvalue weighted by Crippen LogP contribution is -2.55. The molecule has 1 saturated heterocycles. The van der Waals surface area contributed by atoms with Crippen molar-refractivity contribution in [1.82, 2.24) is 4.90 Å². The first kappa shape index (κ1) is 14.7. The van der Waals surface area contributed by atoms with Gasteiger partial charge >= 0.3 is 0 Å². The van der Waals surface area contributed by atoms with Crippen molar-refractivity contribution in [2.45, 2.75) is 12.0 Å². The van der Waals surface area contributed by atoms with E-state index in [2.05, 4.69) is 0 Å². The third kappa shape index (κ3) is 3.46. The Morgan fingerprint density at radius 3 is 2.80 bits per heavy atom. The maximum atomic E-state index is 12.7. The Labute approximate surface area is 117 Å². The van der Waals surface area contributed by atoms with Crippen LogP contribution in [0, 0.1) is 5.82 Å². The van der Waals surface area contributed by atoms with Crippen LogP contribution in [-0.4, -0.2) is 49.8 Å². The van der Waals surface area contributed by atoms with E-state index in [0.29, 0.717) is 31.9 Å². The van der Waals surface area contributed by atoms with Gasteiger partial charge in [-0.05, 0) is 30.7 Å². The van der Waals surface area contributed by atoms with E-state index in [0.717, 1.165) is 0 Å². The fourth-order valence-electron chi connectivity index (χ4n) is 2.06. The minimum absolute atomic E-state index is 0.141. The molecule has 0 aliphatic carbocycles. The molecule has 0 aromatic heterocycles. The second-order valence-electron chi connectivity index (χ2n) is 4.99. The number of halogens is 1. The van der Waals surface area contributed by atoms with E-state index < -0.39 is 5.54 Å². The van der Waals surface area contributed by atoms with Crippen molar-refractivity contribution in [1.29, 1.82) is 0 Å². The third-order valence-corrected chi connectivity index (χ3v) is 3.33. The van der Waals surface area contributed by atoms with Crippen molar-refractivity contribution in [3.05, 3.63) is 30.1 Å². The maximum absolute atomic E-state index is 12.7. The number of nitrogens with zero attached hydrogens (tertiary/aromatic N) is 1. The van der Waals surface area contributed by atoms with Gasteiger partial charge in [0.25, 0.3) is 0 Å². The lowest BCUT2D eigenvalue weighted by Gasteiger charge is -2.27. The largest absolute Gasteiger partial charge is 0.492 e. The fourth-order valence-corrected chi connectivity index (χ4v) is 2.06. The minimum atomic E-state index is -0.912. The van der Waals surface area contributed by atoms with Crippen LogP contribution in [0.4, 0.5) is 4.39 Å². The highest BCUT2D eigenvalue weighted by Gasteiger charge is 2.39. The van der Waals surface area contributed by atoms with Crippen molar-refractivity contribution in [2.24, 2.45) is 5.73 Å². The molecule has 1 unspecified atom stereocenters. The van der Waals surface area contributed by atoms with Crippen LogP contribution in [0.25, 0.3) is 0 Å². The number of likely N-dealkylation sites (N-methyl/N-ethyl adjacent to an activating group) is 1. The molecule has 1 atom stereocenters. The van der Waals surface area contributed by atoms with E-state index in [-0.39, 0.29) is 18.3 Å². The molecule has 1 aliphatic rings. The molecule has 110 valence electrons. The molecule has 1 heterocycles. The molecule has 1 fully saturated rings. The fraction of sp³-hybridized carbons (Fsp3) is 0.500. The lowest BCUT2D eigenvalue weighted by molar-refractivity contribution is -0.136. The zero-order valence-corrected chi connectivity index (χ0v) is 11.5. The molecular formula is C14H19FN2O3. The molecular weight excluding hydrogens is 263 g/mol. The van der Waals surface area contributed by atoms with Gasteiger partial charge < -0.3 is 20.1 Å². The average Bonchev–Trinajstić information content (AvgIpc) is 2.88. The summed E-state index contributed by atoms with van der Waals surface area (Å²) in [4.78, 5) is 13.7. The molecule has 0 saturated carbocycles. The summed E-state index contributed by atoms with van der Waals surface area (Å²) in [6.07, 6.45) is 0.537. The summed E-state index contributed by atoms with van der Waals surface area (Å²) in [6, 6.07) is 5.75. The van der Waals surface area contributed by atoms with Crippen LogP contribution in [0.2, 0.25) is 0 Å². The van der Waals surface area contributed by atoms with E-state index >= 15 is 0 Å². The van der Waals surface area contributed by atoms with Gasteiger partial charge in [-0.15, -0.1) is 0 Å². The standard InChI is InChI=1S/C14H19FN2O3/c1-17(13(18)14(16)6-8-19-10-14)7-9-20-12-4-2-11(15)3-5-12/h2-5H,6-10,16H2,1H3. The number of ether oxygens (including phenoxy) is 2.